The fourth-order valence-corrected chi connectivity index (χ4v) is 3.90. The second kappa shape index (κ2) is 3.59. The maximum Gasteiger partial charge on any atom is 0.0994 e. The summed E-state index contributed by atoms with van der Waals surface area (Å²) in [5.74, 6) is 0. The van der Waals surface area contributed by atoms with Gasteiger partial charge in [-0.2, -0.15) is 5.26 Å². The van der Waals surface area contributed by atoms with Gasteiger partial charge in [0.05, 0.1) is 11.6 Å². The largest absolute Gasteiger partial charge is 0.313 e. The van der Waals surface area contributed by atoms with E-state index < -0.39 is 0 Å². The molecule has 2 heteroatoms. The smallest absolute Gasteiger partial charge is 0.0994 e. The Balaban J connectivity index is 2.27. The molecular weight excluding hydrogens is 220 g/mol. The summed E-state index contributed by atoms with van der Waals surface area (Å²) in [6.45, 7) is 8.19. The summed E-state index contributed by atoms with van der Waals surface area (Å²) in [5, 5.41) is 12.9. The highest BCUT2D eigenvalue weighted by Gasteiger charge is 2.53. The predicted octanol–water partition coefficient (Wildman–Crippen LogP) is 2.76. The topological polar surface area (TPSA) is 35.8 Å². The number of benzene rings is 1. The van der Waals surface area contributed by atoms with E-state index in [1.807, 2.05) is 12.1 Å². The Morgan fingerprint density at radius 1 is 1.33 bits per heavy atom. The molecule has 1 heterocycles. The van der Waals surface area contributed by atoms with Crippen molar-refractivity contribution in [3.05, 3.63) is 34.9 Å². The molecule has 1 N–H and O–H groups in total. The summed E-state index contributed by atoms with van der Waals surface area (Å²) in [6, 6.07) is 9.08. The van der Waals surface area contributed by atoms with Crippen molar-refractivity contribution in [1.82, 2.24) is 5.32 Å². The summed E-state index contributed by atoms with van der Waals surface area (Å²) < 4.78 is 0. The first-order valence-electron chi connectivity index (χ1n) is 6.76. The van der Waals surface area contributed by atoms with Gasteiger partial charge in [0.25, 0.3) is 0 Å². The molecular formula is C16H20N2. The number of nitriles is 1. The summed E-state index contributed by atoms with van der Waals surface area (Å²) in [6.07, 6.45) is 2.14. The molecule has 0 aromatic heterocycles. The predicted molar refractivity (Wildman–Crippen MR) is 72.4 cm³/mol. The monoisotopic (exact) mass is 240 g/mol. The standard InChI is InChI=1S/C16H20N2/c1-15(2)14-9-12-11(10-17)5-4-6-13(12)16(15,3)7-8-18-14/h4-6,14,18H,7-9H2,1-3H3/t14-,16+/m1/s1. The lowest BCUT2D eigenvalue weighted by molar-refractivity contribution is 0.0558. The molecule has 0 unspecified atom stereocenters. The zero-order valence-corrected chi connectivity index (χ0v) is 11.4. The summed E-state index contributed by atoms with van der Waals surface area (Å²) >= 11 is 0. The van der Waals surface area contributed by atoms with Crippen LogP contribution < -0.4 is 5.32 Å². The lowest BCUT2D eigenvalue weighted by Gasteiger charge is -2.57. The second-order valence-corrected chi connectivity index (χ2v) is 6.46. The van der Waals surface area contributed by atoms with Gasteiger partial charge in [-0.15, -0.1) is 0 Å². The van der Waals surface area contributed by atoms with Crippen molar-refractivity contribution in [3.8, 4) is 6.07 Å². The number of hydrogen-bond donors (Lipinski definition) is 1. The summed E-state index contributed by atoms with van der Waals surface area (Å²) in [5.41, 5.74) is 3.97. The first-order chi connectivity index (χ1) is 8.50. The van der Waals surface area contributed by atoms with E-state index in [2.05, 4.69) is 38.2 Å². The van der Waals surface area contributed by atoms with E-state index in [1.54, 1.807) is 0 Å². The Kier molecular flexibility index (Phi) is 2.34. The van der Waals surface area contributed by atoms with Gasteiger partial charge >= 0.3 is 0 Å². The second-order valence-electron chi connectivity index (χ2n) is 6.46. The fourth-order valence-electron chi connectivity index (χ4n) is 3.90. The molecule has 1 saturated heterocycles. The Morgan fingerprint density at radius 2 is 2.11 bits per heavy atom. The number of hydrogen-bond acceptors (Lipinski definition) is 2. The zero-order valence-electron chi connectivity index (χ0n) is 11.4. The van der Waals surface area contributed by atoms with Gasteiger partial charge in [0.15, 0.2) is 0 Å². The average Bonchev–Trinajstić information content (AvgIpc) is 2.33. The van der Waals surface area contributed by atoms with E-state index in [4.69, 9.17) is 0 Å². The van der Waals surface area contributed by atoms with Crippen molar-refractivity contribution in [1.29, 1.82) is 5.26 Å². The third-order valence-electron chi connectivity index (χ3n) is 5.61. The van der Waals surface area contributed by atoms with Crippen molar-refractivity contribution in [2.75, 3.05) is 6.54 Å². The minimum Gasteiger partial charge on any atom is -0.313 e. The maximum absolute atomic E-state index is 9.30. The molecule has 3 rings (SSSR count). The molecule has 2 nitrogen and oxygen atoms in total. The van der Waals surface area contributed by atoms with Crippen molar-refractivity contribution >= 4 is 0 Å². The van der Waals surface area contributed by atoms with E-state index in [-0.39, 0.29) is 10.8 Å². The van der Waals surface area contributed by atoms with Crippen LogP contribution >= 0.6 is 0 Å². The van der Waals surface area contributed by atoms with Crippen LogP contribution in [0.5, 0.6) is 0 Å². The SMILES string of the molecule is CC1(C)[C@H]2Cc3c(C#N)cccc3[C@]1(C)CCN2. The van der Waals surface area contributed by atoms with Crippen LogP contribution in [0.3, 0.4) is 0 Å². The molecule has 0 saturated carbocycles. The third-order valence-corrected chi connectivity index (χ3v) is 5.61. The fraction of sp³-hybridized carbons (Fsp3) is 0.562. The molecule has 1 aliphatic heterocycles. The van der Waals surface area contributed by atoms with E-state index in [9.17, 15) is 5.26 Å². The minimum atomic E-state index is 0.184. The van der Waals surface area contributed by atoms with E-state index >= 15 is 0 Å². The third kappa shape index (κ3) is 1.26. The van der Waals surface area contributed by atoms with Gasteiger partial charge < -0.3 is 5.32 Å². The van der Waals surface area contributed by atoms with Gasteiger partial charge in [0, 0.05) is 11.5 Å². The maximum atomic E-state index is 9.30. The van der Waals surface area contributed by atoms with Gasteiger partial charge in [0.1, 0.15) is 0 Å². The van der Waals surface area contributed by atoms with Crippen molar-refractivity contribution in [2.24, 2.45) is 5.41 Å². The van der Waals surface area contributed by atoms with Crippen LogP contribution in [0.15, 0.2) is 18.2 Å². The molecule has 1 aromatic rings. The minimum absolute atomic E-state index is 0.184. The highest BCUT2D eigenvalue weighted by atomic mass is 15.0. The molecule has 0 radical (unpaired) electrons. The zero-order chi connectivity index (χ0) is 13.0. The number of rotatable bonds is 0. The first-order valence-corrected chi connectivity index (χ1v) is 6.76. The van der Waals surface area contributed by atoms with Crippen molar-refractivity contribution in [3.63, 3.8) is 0 Å². The lowest BCUT2D eigenvalue weighted by atomic mass is 9.51. The highest BCUT2D eigenvalue weighted by Crippen LogP contribution is 2.53. The van der Waals surface area contributed by atoms with Gasteiger partial charge in [-0.1, -0.05) is 32.9 Å². The Hall–Kier alpha value is -1.33. The molecule has 1 fully saturated rings. The van der Waals surface area contributed by atoms with Crippen LogP contribution in [0.4, 0.5) is 0 Å². The molecule has 2 aliphatic rings. The Morgan fingerprint density at radius 3 is 2.83 bits per heavy atom. The first kappa shape index (κ1) is 11.7. The molecule has 1 aliphatic carbocycles. The van der Waals surface area contributed by atoms with Crippen LogP contribution in [0.25, 0.3) is 0 Å². The van der Waals surface area contributed by atoms with Gasteiger partial charge in [-0.3, -0.25) is 0 Å². The number of nitrogens with one attached hydrogen (secondary N) is 1. The van der Waals surface area contributed by atoms with Crippen LogP contribution in [0.2, 0.25) is 0 Å². The van der Waals surface area contributed by atoms with Gasteiger partial charge in [0.2, 0.25) is 0 Å². The Bertz CT molecular complexity index is 539. The van der Waals surface area contributed by atoms with Crippen LogP contribution in [-0.2, 0) is 11.8 Å². The molecule has 0 amide bonds. The Labute approximate surface area is 109 Å². The van der Waals surface area contributed by atoms with E-state index in [0.29, 0.717) is 6.04 Å². The lowest BCUT2D eigenvalue weighted by Crippen LogP contribution is -2.62. The quantitative estimate of drug-likeness (QED) is 0.757. The van der Waals surface area contributed by atoms with Crippen LogP contribution in [-0.4, -0.2) is 12.6 Å². The molecule has 1 aromatic carbocycles. The summed E-state index contributed by atoms with van der Waals surface area (Å²) in [4.78, 5) is 0. The highest BCUT2D eigenvalue weighted by molar-refractivity contribution is 5.50. The average molecular weight is 240 g/mol. The van der Waals surface area contributed by atoms with Crippen LogP contribution in [0.1, 0.15) is 43.9 Å². The molecule has 2 bridgehead atoms. The van der Waals surface area contributed by atoms with Crippen LogP contribution in [0, 0.1) is 16.7 Å². The normalized spacial score (nSPS) is 32.4. The van der Waals surface area contributed by atoms with Crippen molar-refractivity contribution < 1.29 is 0 Å². The number of fused-ring (bicyclic) bond motifs is 4. The van der Waals surface area contributed by atoms with Gasteiger partial charge in [-0.25, -0.2) is 0 Å². The molecule has 0 spiro atoms. The summed E-state index contributed by atoms with van der Waals surface area (Å²) in [7, 11) is 0. The molecule has 2 atom stereocenters. The number of nitrogens with zero attached hydrogens (tertiary/aromatic N) is 1. The number of piperidine rings is 1. The van der Waals surface area contributed by atoms with E-state index in [1.165, 1.54) is 11.1 Å². The van der Waals surface area contributed by atoms with Gasteiger partial charge in [-0.05, 0) is 42.0 Å². The van der Waals surface area contributed by atoms with Crippen molar-refractivity contribution in [2.45, 2.75) is 45.1 Å². The van der Waals surface area contributed by atoms with E-state index in [0.717, 1.165) is 24.9 Å². The molecule has 18 heavy (non-hydrogen) atoms. The molecule has 94 valence electrons.